The number of hydrogen-bond acceptors (Lipinski definition) is 2. The molecule has 1 aromatic heterocycles. The average Bonchev–Trinajstić information content (AvgIpc) is 2.56. The molecule has 0 fully saturated rings. The van der Waals surface area contributed by atoms with Crippen molar-refractivity contribution in [1.82, 2.24) is 9.55 Å². The average molecular weight is 242 g/mol. The Hall–Kier alpha value is -0.610. The van der Waals surface area contributed by atoms with Crippen LogP contribution in [0.4, 0.5) is 0 Å². The third-order valence-electron chi connectivity index (χ3n) is 2.58. The van der Waals surface area contributed by atoms with Crippen LogP contribution in [0, 0.1) is 4.77 Å². The van der Waals surface area contributed by atoms with Gasteiger partial charge in [-0.25, -0.2) is 0 Å². The molecule has 0 radical (unpaired) electrons. The van der Waals surface area contributed by atoms with Gasteiger partial charge < -0.3 is 14.3 Å². The summed E-state index contributed by atoms with van der Waals surface area (Å²) in [7, 11) is 0. The fraction of sp³-hybridized carbons (Fsp3) is 0.750. The number of aromatic nitrogens is 2. The fourth-order valence-electron chi connectivity index (χ4n) is 1.76. The molecule has 92 valence electrons. The Balaban J connectivity index is 3.02. The van der Waals surface area contributed by atoms with Gasteiger partial charge in [0.15, 0.2) is 4.77 Å². The number of rotatable bonds is 4. The maximum Gasteiger partial charge on any atom is 0.177 e. The van der Waals surface area contributed by atoms with Gasteiger partial charge >= 0.3 is 0 Å². The summed E-state index contributed by atoms with van der Waals surface area (Å²) in [4.78, 5) is 3.12. The lowest BCUT2D eigenvalue weighted by atomic mass is 9.92. The second-order valence-corrected chi connectivity index (χ2v) is 5.49. The van der Waals surface area contributed by atoms with Crippen molar-refractivity contribution in [1.29, 1.82) is 0 Å². The Labute approximate surface area is 103 Å². The molecule has 1 N–H and O–H groups in total. The van der Waals surface area contributed by atoms with Gasteiger partial charge in [0, 0.05) is 23.9 Å². The Kier molecular flexibility index (Phi) is 4.33. The minimum Gasteiger partial charge on any atom is -0.380 e. The van der Waals surface area contributed by atoms with Crippen LogP contribution in [0.25, 0.3) is 0 Å². The zero-order chi connectivity index (χ0) is 12.3. The largest absolute Gasteiger partial charge is 0.380 e. The van der Waals surface area contributed by atoms with E-state index in [4.69, 9.17) is 17.0 Å². The van der Waals surface area contributed by atoms with E-state index in [0.717, 1.165) is 11.4 Å². The molecule has 1 rings (SSSR count). The Bertz CT molecular complexity index is 386. The predicted octanol–water partition coefficient (Wildman–Crippen LogP) is 3.44. The third kappa shape index (κ3) is 2.95. The minimum atomic E-state index is 0.0913. The first-order valence-electron chi connectivity index (χ1n) is 5.76. The summed E-state index contributed by atoms with van der Waals surface area (Å²) in [6.45, 7) is 12.2. The number of hydrogen-bond donors (Lipinski definition) is 1. The number of ether oxygens (including phenoxy) is 1. The smallest absolute Gasteiger partial charge is 0.177 e. The van der Waals surface area contributed by atoms with Crippen LogP contribution in [0.3, 0.4) is 0 Å². The second kappa shape index (κ2) is 5.15. The van der Waals surface area contributed by atoms with Crippen molar-refractivity contribution in [3.05, 3.63) is 16.7 Å². The molecule has 0 saturated carbocycles. The number of nitrogens with zero attached hydrogens (tertiary/aromatic N) is 1. The summed E-state index contributed by atoms with van der Waals surface area (Å²) in [5.41, 5.74) is 1.32. The molecule has 1 aromatic rings. The summed E-state index contributed by atoms with van der Waals surface area (Å²) in [6.07, 6.45) is 2.00. The van der Waals surface area contributed by atoms with Crippen LogP contribution in [0.15, 0.2) is 6.20 Å². The molecule has 1 unspecified atom stereocenters. The van der Waals surface area contributed by atoms with Gasteiger partial charge in [0.2, 0.25) is 0 Å². The zero-order valence-corrected chi connectivity index (χ0v) is 11.6. The molecule has 0 amide bonds. The van der Waals surface area contributed by atoms with Crippen LogP contribution in [-0.4, -0.2) is 22.8 Å². The highest BCUT2D eigenvalue weighted by molar-refractivity contribution is 7.71. The first kappa shape index (κ1) is 13.5. The van der Waals surface area contributed by atoms with Crippen molar-refractivity contribution in [2.45, 2.75) is 46.1 Å². The molecule has 0 aliphatic heterocycles. The van der Waals surface area contributed by atoms with Crippen molar-refractivity contribution in [2.75, 3.05) is 13.2 Å². The van der Waals surface area contributed by atoms with E-state index < -0.39 is 0 Å². The van der Waals surface area contributed by atoms with E-state index in [1.54, 1.807) is 0 Å². The van der Waals surface area contributed by atoms with E-state index in [0.29, 0.717) is 6.61 Å². The van der Waals surface area contributed by atoms with Gasteiger partial charge in [0.25, 0.3) is 0 Å². The summed E-state index contributed by atoms with van der Waals surface area (Å²) in [5, 5.41) is 0. The lowest BCUT2D eigenvalue weighted by molar-refractivity contribution is 0.116. The molecule has 0 aromatic carbocycles. The summed E-state index contributed by atoms with van der Waals surface area (Å²) in [5.74, 6) is 0. The molecule has 3 nitrogen and oxygen atoms in total. The summed E-state index contributed by atoms with van der Waals surface area (Å²) >= 11 is 5.32. The highest BCUT2D eigenvalue weighted by Crippen LogP contribution is 2.25. The monoisotopic (exact) mass is 242 g/mol. The normalized spacial score (nSPS) is 14.1. The van der Waals surface area contributed by atoms with Crippen LogP contribution < -0.4 is 0 Å². The standard InChI is InChI=1S/C12H22N2OS/c1-6-15-8-9(2)14-10(12(3,4)5)7-13-11(14)16/h7,9H,6,8H2,1-5H3,(H,13,16). The van der Waals surface area contributed by atoms with Crippen molar-refractivity contribution >= 4 is 12.2 Å². The molecule has 0 spiro atoms. The first-order chi connectivity index (χ1) is 7.38. The second-order valence-electron chi connectivity index (χ2n) is 5.11. The van der Waals surface area contributed by atoms with E-state index in [9.17, 15) is 0 Å². The molecule has 16 heavy (non-hydrogen) atoms. The maximum atomic E-state index is 5.46. The Morgan fingerprint density at radius 1 is 1.50 bits per heavy atom. The van der Waals surface area contributed by atoms with Crippen LogP contribution >= 0.6 is 12.2 Å². The zero-order valence-electron chi connectivity index (χ0n) is 10.8. The lowest BCUT2D eigenvalue weighted by Crippen LogP contribution is -2.22. The molecule has 1 heterocycles. The van der Waals surface area contributed by atoms with Crippen molar-refractivity contribution < 1.29 is 4.74 Å². The van der Waals surface area contributed by atoms with Crippen molar-refractivity contribution in [3.63, 3.8) is 0 Å². The first-order valence-corrected chi connectivity index (χ1v) is 6.17. The molecule has 0 saturated heterocycles. The highest BCUT2D eigenvalue weighted by Gasteiger charge is 2.21. The highest BCUT2D eigenvalue weighted by atomic mass is 32.1. The fourth-order valence-corrected chi connectivity index (χ4v) is 2.09. The number of imidazole rings is 1. The van der Waals surface area contributed by atoms with Crippen molar-refractivity contribution in [3.8, 4) is 0 Å². The number of H-pyrrole nitrogens is 1. The SMILES string of the molecule is CCOCC(C)n1c(C(C)(C)C)c[nH]c1=S. The van der Waals surface area contributed by atoms with Gasteiger partial charge in [0.1, 0.15) is 0 Å². The van der Waals surface area contributed by atoms with E-state index in [1.165, 1.54) is 5.69 Å². The lowest BCUT2D eigenvalue weighted by Gasteiger charge is -2.24. The van der Waals surface area contributed by atoms with Gasteiger partial charge in [-0.2, -0.15) is 0 Å². The van der Waals surface area contributed by atoms with E-state index >= 15 is 0 Å². The number of aromatic amines is 1. The van der Waals surface area contributed by atoms with Gasteiger partial charge in [-0.15, -0.1) is 0 Å². The van der Waals surface area contributed by atoms with E-state index in [1.807, 2.05) is 13.1 Å². The molecule has 1 atom stereocenters. The quantitative estimate of drug-likeness (QED) is 0.820. The molecule has 0 bridgehead atoms. The summed E-state index contributed by atoms with van der Waals surface area (Å²) < 4.78 is 8.39. The van der Waals surface area contributed by atoms with Crippen LogP contribution in [0.2, 0.25) is 0 Å². The van der Waals surface area contributed by atoms with Crippen LogP contribution in [-0.2, 0) is 10.2 Å². The Morgan fingerprint density at radius 2 is 2.12 bits per heavy atom. The van der Waals surface area contributed by atoms with Gasteiger partial charge in [0.05, 0.1) is 12.6 Å². The van der Waals surface area contributed by atoms with Crippen LogP contribution in [0.1, 0.15) is 46.4 Å². The van der Waals surface area contributed by atoms with E-state index in [-0.39, 0.29) is 11.5 Å². The molecular formula is C12H22N2OS. The topological polar surface area (TPSA) is 29.9 Å². The van der Waals surface area contributed by atoms with Crippen LogP contribution in [0.5, 0.6) is 0 Å². The molecule has 0 aliphatic carbocycles. The minimum absolute atomic E-state index is 0.0913. The predicted molar refractivity (Wildman–Crippen MR) is 69.5 cm³/mol. The van der Waals surface area contributed by atoms with Gasteiger partial charge in [-0.05, 0) is 26.1 Å². The molecule has 0 aliphatic rings. The molecule has 4 heteroatoms. The Morgan fingerprint density at radius 3 is 2.62 bits per heavy atom. The van der Waals surface area contributed by atoms with Gasteiger partial charge in [-0.3, -0.25) is 0 Å². The summed E-state index contributed by atoms with van der Waals surface area (Å²) in [6, 6.07) is 0.271. The molecular weight excluding hydrogens is 220 g/mol. The third-order valence-corrected chi connectivity index (χ3v) is 2.90. The maximum absolute atomic E-state index is 5.46. The van der Waals surface area contributed by atoms with E-state index in [2.05, 4.69) is 37.2 Å². The number of nitrogens with one attached hydrogen (secondary N) is 1. The van der Waals surface area contributed by atoms with Gasteiger partial charge in [-0.1, -0.05) is 20.8 Å². The van der Waals surface area contributed by atoms with Crippen molar-refractivity contribution in [2.24, 2.45) is 0 Å².